The lowest BCUT2D eigenvalue weighted by atomic mass is 10.1. The molecule has 1 fully saturated rings. The molecule has 1 amide bonds. The van der Waals surface area contributed by atoms with E-state index in [1.54, 1.807) is 0 Å². The number of benzene rings is 1. The standard InChI is InChI=1S/C14H18N2O/c1-10-4-5-13-11(7-10)8-14(17)16(13)9-12-3-2-6-15-12/h4-5,7,12,15H,2-3,6,8-9H2,1H3. The van der Waals surface area contributed by atoms with Crippen LogP contribution >= 0.6 is 0 Å². The van der Waals surface area contributed by atoms with Crippen molar-refractivity contribution >= 4 is 11.6 Å². The molecule has 3 rings (SSSR count). The number of hydrogen-bond acceptors (Lipinski definition) is 2. The van der Waals surface area contributed by atoms with Crippen molar-refractivity contribution in [1.82, 2.24) is 5.32 Å². The van der Waals surface area contributed by atoms with Gasteiger partial charge >= 0.3 is 0 Å². The Morgan fingerprint density at radius 1 is 1.47 bits per heavy atom. The van der Waals surface area contributed by atoms with E-state index in [0.29, 0.717) is 12.5 Å². The number of aryl methyl sites for hydroxylation is 1. The second-order valence-electron chi connectivity index (χ2n) is 5.11. The smallest absolute Gasteiger partial charge is 0.231 e. The molecular formula is C14H18N2O. The van der Waals surface area contributed by atoms with Crippen molar-refractivity contribution in [2.24, 2.45) is 0 Å². The number of amides is 1. The largest absolute Gasteiger partial charge is 0.312 e. The van der Waals surface area contributed by atoms with Crippen molar-refractivity contribution in [2.45, 2.75) is 32.2 Å². The number of nitrogens with zero attached hydrogens (tertiary/aromatic N) is 1. The summed E-state index contributed by atoms with van der Waals surface area (Å²) in [5.41, 5.74) is 3.54. The first kappa shape index (κ1) is 10.8. The van der Waals surface area contributed by atoms with Crippen LogP contribution in [-0.4, -0.2) is 25.0 Å². The molecule has 1 N–H and O–H groups in total. The van der Waals surface area contributed by atoms with Crippen LogP contribution in [0.5, 0.6) is 0 Å². The molecule has 1 unspecified atom stereocenters. The highest BCUT2D eigenvalue weighted by molar-refractivity contribution is 6.01. The Kier molecular flexibility index (Phi) is 2.63. The summed E-state index contributed by atoms with van der Waals surface area (Å²) < 4.78 is 0. The van der Waals surface area contributed by atoms with Crippen molar-refractivity contribution in [3.8, 4) is 0 Å². The van der Waals surface area contributed by atoms with Crippen molar-refractivity contribution in [3.63, 3.8) is 0 Å². The van der Waals surface area contributed by atoms with Gasteiger partial charge < -0.3 is 10.2 Å². The fourth-order valence-corrected chi connectivity index (χ4v) is 2.85. The number of fused-ring (bicyclic) bond motifs is 1. The summed E-state index contributed by atoms with van der Waals surface area (Å²) in [6, 6.07) is 6.79. The molecule has 1 aromatic rings. The van der Waals surface area contributed by atoms with E-state index in [1.165, 1.54) is 24.0 Å². The third-order valence-corrected chi connectivity index (χ3v) is 3.73. The second kappa shape index (κ2) is 4.15. The van der Waals surface area contributed by atoms with E-state index in [0.717, 1.165) is 18.8 Å². The van der Waals surface area contributed by atoms with Gasteiger partial charge in [-0.05, 0) is 37.9 Å². The number of carbonyl (C=O) groups is 1. The maximum Gasteiger partial charge on any atom is 0.231 e. The van der Waals surface area contributed by atoms with Gasteiger partial charge in [0.25, 0.3) is 0 Å². The van der Waals surface area contributed by atoms with Gasteiger partial charge in [0.2, 0.25) is 5.91 Å². The van der Waals surface area contributed by atoms with E-state index in [9.17, 15) is 4.79 Å². The van der Waals surface area contributed by atoms with Gasteiger partial charge in [0, 0.05) is 18.3 Å². The molecular weight excluding hydrogens is 212 g/mol. The lowest BCUT2D eigenvalue weighted by Crippen LogP contribution is -2.39. The first-order chi connectivity index (χ1) is 8.24. The Labute approximate surface area is 102 Å². The molecule has 3 heteroatoms. The maximum absolute atomic E-state index is 12.0. The minimum Gasteiger partial charge on any atom is -0.312 e. The minimum atomic E-state index is 0.249. The minimum absolute atomic E-state index is 0.249. The third-order valence-electron chi connectivity index (χ3n) is 3.73. The van der Waals surface area contributed by atoms with Crippen LogP contribution in [0.3, 0.4) is 0 Å². The molecule has 0 aromatic heterocycles. The molecule has 2 aliphatic heterocycles. The summed E-state index contributed by atoms with van der Waals surface area (Å²) in [5, 5.41) is 3.45. The molecule has 90 valence electrons. The summed E-state index contributed by atoms with van der Waals surface area (Å²) >= 11 is 0. The molecule has 0 aliphatic carbocycles. The Bertz CT molecular complexity index is 450. The van der Waals surface area contributed by atoms with Crippen LogP contribution in [-0.2, 0) is 11.2 Å². The summed E-state index contributed by atoms with van der Waals surface area (Å²) in [6.45, 7) is 3.99. The van der Waals surface area contributed by atoms with Crippen LogP contribution in [0.2, 0.25) is 0 Å². The first-order valence-electron chi connectivity index (χ1n) is 6.37. The van der Waals surface area contributed by atoms with Crippen LogP contribution < -0.4 is 10.2 Å². The SMILES string of the molecule is Cc1ccc2c(c1)CC(=O)N2CC1CCCN1. The van der Waals surface area contributed by atoms with Crippen LogP contribution in [0.4, 0.5) is 5.69 Å². The van der Waals surface area contributed by atoms with Gasteiger partial charge in [0.1, 0.15) is 0 Å². The van der Waals surface area contributed by atoms with Crippen LogP contribution in [0.15, 0.2) is 18.2 Å². The quantitative estimate of drug-likeness (QED) is 0.837. The summed E-state index contributed by atoms with van der Waals surface area (Å²) in [6.07, 6.45) is 2.99. The fraction of sp³-hybridized carbons (Fsp3) is 0.500. The van der Waals surface area contributed by atoms with E-state index >= 15 is 0 Å². The van der Waals surface area contributed by atoms with Gasteiger partial charge in [-0.25, -0.2) is 0 Å². The average Bonchev–Trinajstić information content (AvgIpc) is 2.88. The molecule has 0 saturated carbocycles. The number of nitrogens with one attached hydrogen (secondary N) is 1. The molecule has 1 aromatic carbocycles. The molecule has 17 heavy (non-hydrogen) atoms. The highest BCUT2D eigenvalue weighted by Crippen LogP contribution is 2.30. The zero-order valence-electron chi connectivity index (χ0n) is 10.2. The highest BCUT2D eigenvalue weighted by Gasteiger charge is 2.29. The molecule has 0 bridgehead atoms. The van der Waals surface area contributed by atoms with Gasteiger partial charge in [-0.3, -0.25) is 4.79 Å². The van der Waals surface area contributed by atoms with Gasteiger partial charge in [-0.2, -0.15) is 0 Å². The number of carbonyl (C=O) groups excluding carboxylic acids is 1. The van der Waals surface area contributed by atoms with E-state index in [-0.39, 0.29) is 5.91 Å². The van der Waals surface area contributed by atoms with Gasteiger partial charge in [0.05, 0.1) is 6.42 Å². The fourth-order valence-electron chi connectivity index (χ4n) is 2.85. The molecule has 1 saturated heterocycles. The Morgan fingerprint density at radius 3 is 3.12 bits per heavy atom. The number of rotatable bonds is 2. The van der Waals surface area contributed by atoms with E-state index in [1.807, 2.05) is 4.90 Å². The second-order valence-corrected chi connectivity index (χ2v) is 5.11. The highest BCUT2D eigenvalue weighted by atomic mass is 16.2. The van der Waals surface area contributed by atoms with Crippen LogP contribution in [0.25, 0.3) is 0 Å². The Balaban J connectivity index is 1.83. The summed E-state index contributed by atoms with van der Waals surface area (Å²) in [7, 11) is 0. The zero-order chi connectivity index (χ0) is 11.8. The monoisotopic (exact) mass is 230 g/mol. The van der Waals surface area contributed by atoms with E-state index < -0.39 is 0 Å². The summed E-state index contributed by atoms with van der Waals surface area (Å²) in [5.74, 6) is 0.249. The third kappa shape index (κ3) is 1.95. The van der Waals surface area contributed by atoms with Crippen LogP contribution in [0.1, 0.15) is 24.0 Å². The van der Waals surface area contributed by atoms with E-state index in [2.05, 4.69) is 30.4 Å². The van der Waals surface area contributed by atoms with Crippen LogP contribution in [0, 0.1) is 6.92 Å². The Morgan fingerprint density at radius 2 is 2.35 bits per heavy atom. The van der Waals surface area contributed by atoms with E-state index in [4.69, 9.17) is 0 Å². The van der Waals surface area contributed by atoms with Crippen molar-refractivity contribution in [3.05, 3.63) is 29.3 Å². The maximum atomic E-state index is 12.0. The molecule has 0 spiro atoms. The normalized spacial score (nSPS) is 23.2. The predicted octanol–water partition coefficient (Wildman–Crippen LogP) is 1.64. The van der Waals surface area contributed by atoms with Gasteiger partial charge in [0.15, 0.2) is 0 Å². The molecule has 1 atom stereocenters. The lowest BCUT2D eigenvalue weighted by molar-refractivity contribution is -0.117. The first-order valence-corrected chi connectivity index (χ1v) is 6.37. The molecule has 3 nitrogen and oxygen atoms in total. The lowest BCUT2D eigenvalue weighted by Gasteiger charge is -2.21. The van der Waals surface area contributed by atoms with Crippen molar-refractivity contribution < 1.29 is 4.79 Å². The average molecular weight is 230 g/mol. The number of hydrogen-bond donors (Lipinski definition) is 1. The van der Waals surface area contributed by atoms with Crippen molar-refractivity contribution in [2.75, 3.05) is 18.0 Å². The Hall–Kier alpha value is -1.35. The predicted molar refractivity (Wildman–Crippen MR) is 68.3 cm³/mol. The van der Waals surface area contributed by atoms with Gasteiger partial charge in [-0.15, -0.1) is 0 Å². The summed E-state index contributed by atoms with van der Waals surface area (Å²) in [4.78, 5) is 14.0. The molecule has 2 heterocycles. The zero-order valence-corrected chi connectivity index (χ0v) is 10.2. The van der Waals surface area contributed by atoms with Gasteiger partial charge in [-0.1, -0.05) is 17.7 Å². The molecule has 0 radical (unpaired) electrons. The molecule has 2 aliphatic rings. The topological polar surface area (TPSA) is 32.3 Å². The van der Waals surface area contributed by atoms with Crippen molar-refractivity contribution in [1.29, 1.82) is 0 Å². The number of anilines is 1.